The van der Waals surface area contributed by atoms with Gasteiger partial charge in [-0.05, 0) is 23.5 Å². The minimum Gasteiger partial charge on any atom is -0.396 e. The topological polar surface area (TPSA) is 116 Å². The summed E-state index contributed by atoms with van der Waals surface area (Å²) < 4.78 is 29.1. The fourth-order valence-electron chi connectivity index (χ4n) is 4.33. The van der Waals surface area contributed by atoms with Gasteiger partial charge in [0.1, 0.15) is 15.3 Å². The molecule has 0 atom stereocenters. The van der Waals surface area contributed by atoms with Gasteiger partial charge in [-0.1, -0.05) is 68.4 Å². The van der Waals surface area contributed by atoms with Crippen LogP contribution in [0.15, 0.2) is 69.2 Å². The second kappa shape index (κ2) is 12.0. The largest absolute Gasteiger partial charge is 0.396 e. The molecule has 38 heavy (non-hydrogen) atoms. The second-order valence-corrected chi connectivity index (χ2v) is 11.3. The minimum absolute atomic E-state index is 0.00266. The quantitative estimate of drug-likeness (QED) is 0.139. The molecule has 0 radical (unpaired) electrons. The van der Waals surface area contributed by atoms with Crippen LogP contribution in [0.1, 0.15) is 37.0 Å². The van der Waals surface area contributed by atoms with Crippen LogP contribution in [0.25, 0.3) is 11.0 Å². The normalized spacial score (nSPS) is 11.4. The van der Waals surface area contributed by atoms with E-state index in [0.29, 0.717) is 51.5 Å². The number of nitrogens with zero attached hydrogens (tertiary/aromatic N) is 4. The molecule has 0 amide bonds. The molecule has 0 unspecified atom stereocenters. The number of aliphatic hydroxyl groups excluding tert-OH is 1. The molecular formula is C27H30N4O5S2. The van der Waals surface area contributed by atoms with Crippen LogP contribution in [0, 0.1) is 5.92 Å². The lowest BCUT2D eigenvalue weighted by molar-refractivity contribution is 0.296. The summed E-state index contributed by atoms with van der Waals surface area (Å²) >= 11 is 1.38. The van der Waals surface area contributed by atoms with Crippen molar-refractivity contribution < 1.29 is 13.5 Å². The summed E-state index contributed by atoms with van der Waals surface area (Å²) in [6, 6.07) is 16.1. The molecule has 0 aliphatic carbocycles. The first-order valence-electron chi connectivity index (χ1n) is 12.3. The van der Waals surface area contributed by atoms with Gasteiger partial charge in [-0.25, -0.2) is 4.79 Å². The third-order valence-corrected chi connectivity index (χ3v) is 8.02. The van der Waals surface area contributed by atoms with E-state index in [-0.39, 0.29) is 23.9 Å². The Morgan fingerprint density at radius 3 is 2.39 bits per heavy atom. The maximum atomic E-state index is 13.3. The van der Waals surface area contributed by atoms with Crippen molar-refractivity contribution in [3.63, 3.8) is 0 Å². The number of rotatable bonds is 10. The molecule has 11 heteroatoms. The number of benzene rings is 2. The molecule has 2 heterocycles. The van der Waals surface area contributed by atoms with Crippen molar-refractivity contribution in [2.75, 3.05) is 12.4 Å². The van der Waals surface area contributed by atoms with E-state index in [1.165, 1.54) is 23.4 Å². The van der Waals surface area contributed by atoms with E-state index >= 15 is 0 Å². The first-order chi connectivity index (χ1) is 18.2. The fourth-order valence-corrected chi connectivity index (χ4v) is 6.08. The van der Waals surface area contributed by atoms with E-state index in [9.17, 15) is 23.1 Å². The van der Waals surface area contributed by atoms with Crippen LogP contribution >= 0.6 is 11.8 Å². The lowest BCUT2D eigenvalue weighted by Crippen LogP contribution is -2.38. The summed E-state index contributed by atoms with van der Waals surface area (Å²) in [5.41, 5.74) is 1.22. The van der Waals surface area contributed by atoms with Crippen LogP contribution in [-0.2, 0) is 30.4 Å². The Bertz CT molecular complexity index is 1710. The number of fused-ring (bicyclic) bond motifs is 1. The molecule has 0 aliphatic heterocycles. The molecule has 2 aromatic carbocycles. The van der Waals surface area contributed by atoms with Crippen LogP contribution in [0.4, 0.5) is 0 Å². The Labute approximate surface area is 225 Å². The van der Waals surface area contributed by atoms with Crippen LogP contribution in [-0.4, -0.2) is 49.7 Å². The molecule has 9 nitrogen and oxygen atoms in total. The zero-order valence-corrected chi connectivity index (χ0v) is 23.1. The summed E-state index contributed by atoms with van der Waals surface area (Å²) in [6.07, 6.45) is 0.515. The number of aliphatic hydroxyl groups is 1. The smallest absolute Gasteiger partial charge is 0.332 e. The highest BCUT2D eigenvalue weighted by Crippen LogP contribution is 2.28. The van der Waals surface area contributed by atoms with Gasteiger partial charge in [-0.3, -0.25) is 18.6 Å². The maximum Gasteiger partial charge on any atom is 0.332 e. The molecule has 4 aromatic rings. The number of hydrogen-bond donors (Lipinski definition) is 1. The van der Waals surface area contributed by atoms with Gasteiger partial charge in [0.25, 0.3) is 5.56 Å². The summed E-state index contributed by atoms with van der Waals surface area (Å²) in [5, 5.41) is 15.0. The summed E-state index contributed by atoms with van der Waals surface area (Å²) in [6.45, 7) is 4.54. The van der Waals surface area contributed by atoms with Crippen LogP contribution in [0.5, 0.6) is 0 Å². The average molecular weight is 555 g/mol. The van der Waals surface area contributed by atoms with Crippen molar-refractivity contribution in [2.45, 2.75) is 38.4 Å². The highest BCUT2D eigenvalue weighted by molar-refractivity contribution is 7.99. The first-order valence-corrected chi connectivity index (χ1v) is 14.3. The lowest BCUT2D eigenvalue weighted by Gasteiger charge is -2.12. The van der Waals surface area contributed by atoms with Gasteiger partial charge in [0, 0.05) is 31.5 Å². The van der Waals surface area contributed by atoms with E-state index in [4.69, 9.17) is 5.10 Å². The zero-order valence-electron chi connectivity index (χ0n) is 21.5. The number of aromatic nitrogens is 4. The third kappa shape index (κ3) is 5.54. The van der Waals surface area contributed by atoms with Gasteiger partial charge in [0.15, 0.2) is 5.65 Å². The highest BCUT2D eigenvalue weighted by Gasteiger charge is 2.23. The van der Waals surface area contributed by atoms with Crippen molar-refractivity contribution in [1.82, 2.24) is 18.9 Å². The molecule has 0 bridgehead atoms. The van der Waals surface area contributed by atoms with Crippen molar-refractivity contribution in [3.8, 4) is 0 Å². The Hall–Kier alpha value is -3.41. The molecule has 1 N–H and O–H groups in total. The Kier molecular flexibility index (Phi) is 8.70. The van der Waals surface area contributed by atoms with Crippen molar-refractivity contribution in [2.24, 2.45) is 13.0 Å². The van der Waals surface area contributed by atoms with Gasteiger partial charge in [-0.15, -0.1) is 11.8 Å². The van der Waals surface area contributed by atoms with Gasteiger partial charge in [0.2, 0.25) is 10.3 Å². The monoisotopic (exact) mass is 554 g/mol. The molecule has 2 aromatic heterocycles. The Morgan fingerprint density at radius 1 is 1.05 bits per heavy atom. The molecule has 4 rings (SSSR count). The van der Waals surface area contributed by atoms with Crippen molar-refractivity contribution in [3.05, 3.63) is 92.1 Å². The standard InChI is InChI=1S/C27H30N4O5S2/c1-18(2)16-30-24-22(25(33)29(3)27(30)34)26(37-15-9-14-32)31(28-24)17-20-12-7-8-13-21(20)23(38(35)36)19-10-5-4-6-11-19/h4-8,10-13,18,32H,9,14-17H2,1-3H3. The molecule has 0 spiro atoms. The highest BCUT2D eigenvalue weighted by atomic mass is 32.2. The van der Waals surface area contributed by atoms with E-state index in [1.54, 1.807) is 41.1 Å². The first kappa shape index (κ1) is 27.6. The molecule has 0 saturated carbocycles. The molecule has 0 aliphatic rings. The predicted molar refractivity (Wildman–Crippen MR) is 151 cm³/mol. The van der Waals surface area contributed by atoms with Gasteiger partial charge in [-0.2, -0.15) is 13.5 Å². The minimum atomic E-state index is -2.51. The second-order valence-electron chi connectivity index (χ2n) is 9.33. The summed E-state index contributed by atoms with van der Waals surface area (Å²) in [5.74, 6) is 0.678. The molecular weight excluding hydrogens is 524 g/mol. The third-order valence-electron chi connectivity index (χ3n) is 6.05. The van der Waals surface area contributed by atoms with E-state index in [0.717, 1.165) is 4.57 Å². The number of thioether (sulfide) groups is 1. The molecule has 200 valence electrons. The predicted octanol–water partition coefficient (Wildman–Crippen LogP) is 2.52. The van der Waals surface area contributed by atoms with Gasteiger partial charge < -0.3 is 5.11 Å². The number of hydrogen-bond acceptors (Lipinski definition) is 7. The van der Waals surface area contributed by atoms with Gasteiger partial charge in [0.05, 0.1) is 6.54 Å². The summed E-state index contributed by atoms with van der Waals surface area (Å²) in [7, 11) is -1.06. The van der Waals surface area contributed by atoms with Crippen molar-refractivity contribution in [1.29, 1.82) is 0 Å². The van der Waals surface area contributed by atoms with Crippen LogP contribution < -0.4 is 11.2 Å². The SMILES string of the molecule is CC(C)Cn1c(=O)n(C)c(=O)c2c(SCCCO)n(Cc3ccccc3C(c3ccccc3)=S(=O)=O)nc21. The summed E-state index contributed by atoms with van der Waals surface area (Å²) in [4.78, 5) is 26.5. The van der Waals surface area contributed by atoms with E-state index in [2.05, 4.69) is 0 Å². The zero-order chi connectivity index (χ0) is 27.4. The Morgan fingerprint density at radius 2 is 1.74 bits per heavy atom. The van der Waals surface area contributed by atoms with Crippen LogP contribution in [0.2, 0.25) is 0 Å². The lowest BCUT2D eigenvalue weighted by atomic mass is 9.99. The molecule has 0 fully saturated rings. The average Bonchev–Trinajstić information content (AvgIpc) is 3.25. The molecule has 0 saturated heterocycles. The van der Waals surface area contributed by atoms with E-state index < -0.39 is 21.5 Å². The van der Waals surface area contributed by atoms with Gasteiger partial charge >= 0.3 is 5.69 Å². The van der Waals surface area contributed by atoms with Crippen LogP contribution in [0.3, 0.4) is 0 Å². The Balaban J connectivity index is 1.95. The van der Waals surface area contributed by atoms with Crippen molar-refractivity contribution >= 4 is 38.0 Å². The maximum absolute atomic E-state index is 13.3. The van der Waals surface area contributed by atoms with E-state index in [1.807, 2.05) is 32.0 Å². The fraction of sp³-hybridized carbons (Fsp3) is 0.333.